The Kier molecular flexibility index (Phi) is 16.5. The molecule has 0 radical (unpaired) electrons. The summed E-state index contributed by atoms with van der Waals surface area (Å²) in [5, 5.41) is 16.8. The van der Waals surface area contributed by atoms with E-state index in [-0.39, 0.29) is 22.7 Å². The molecule has 0 aliphatic heterocycles. The van der Waals surface area contributed by atoms with Crippen molar-refractivity contribution in [3.8, 4) is 118 Å². The molecule has 556 valence electrons. The van der Waals surface area contributed by atoms with E-state index in [1.54, 1.807) is 0 Å². The molecule has 17 aromatic carbocycles. The van der Waals surface area contributed by atoms with Crippen LogP contribution in [0.25, 0.3) is 200 Å². The SMILES string of the molecule is N#Cc1ccc(-c2c(-n3c4ccc(-c5ccccc5)cc4c4cc(-c5ccccc5)ccc43)c(-n3c4c(c5cc(-c6ccccc6)ccc53)C=C(c3ccccc3)CC4)c(C(F)(F)F)c(-n3c4ccc(-c5ccccc5)cc4c4cc(-c5ccccc5)ccc43)c2-n2c3ccc(-c4ccccc4)cc3c3cc(-c4ccccc4)ccc32)cc1. The van der Waals surface area contributed by atoms with Crippen molar-refractivity contribution < 1.29 is 13.2 Å². The Labute approximate surface area is 679 Å². The van der Waals surface area contributed by atoms with E-state index in [2.05, 4.69) is 246 Å². The molecule has 0 atom stereocenters. The lowest BCUT2D eigenvalue weighted by atomic mass is 9.90. The number of nitriles is 1. The fraction of sp³-hybridized carbons (Fsp3) is 0.0273. The summed E-state index contributed by atoms with van der Waals surface area (Å²) in [4.78, 5) is 0. The highest BCUT2D eigenvalue weighted by Gasteiger charge is 2.46. The van der Waals surface area contributed by atoms with Gasteiger partial charge in [0.2, 0.25) is 0 Å². The first-order chi connectivity index (χ1) is 58.1. The zero-order valence-electron chi connectivity index (χ0n) is 63.9. The Bertz CT molecular complexity index is 7350. The molecule has 0 fully saturated rings. The van der Waals surface area contributed by atoms with Gasteiger partial charge in [0.15, 0.2) is 0 Å². The molecule has 5 nitrogen and oxygen atoms in total. The average Bonchev–Trinajstić information content (AvgIpc) is 1.49. The van der Waals surface area contributed by atoms with E-state index in [0.717, 1.165) is 138 Å². The van der Waals surface area contributed by atoms with Crippen LogP contribution in [-0.4, -0.2) is 18.3 Å². The van der Waals surface area contributed by atoms with Crippen LogP contribution in [0.15, 0.2) is 394 Å². The number of rotatable bonds is 13. The number of hydrogen-bond donors (Lipinski definition) is 0. The Morgan fingerprint density at radius 2 is 0.483 bits per heavy atom. The molecule has 0 amide bonds. The first-order valence-corrected chi connectivity index (χ1v) is 40.0. The second-order valence-electron chi connectivity index (χ2n) is 30.8. The van der Waals surface area contributed by atoms with Gasteiger partial charge in [0.25, 0.3) is 0 Å². The normalized spacial score (nSPS) is 12.3. The van der Waals surface area contributed by atoms with E-state index in [9.17, 15) is 5.26 Å². The van der Waals surface area contributed by atoms with Crippen molar-refractivity contribution in [3.05, 3.63) is 422 Å². The van der Waals surface area contributed by atoms with Crippen LogP contribution >= 0.6 is 0 Å². The highest BCUT2D eigenvalue weighted by atomic mass is 19.4. The number of fused-ring (bicyclic) bond motifs is 12. The van der Waals surface area contributed by atoms with Gasteiger partial charge in [-0.15, -0.1) is 0 Å². The van der Waals surface area contributed by atoms with Crippen LogP contribution in [-0.2, 0) is 12.6 Å². The molecule has 0 spiro atoms. The summed E-state index contributed by atoms with van der Waals surface area (Å²) < 4.78 is 69.1. The van der Waals surface area contributed by atoms with Gasteiger partial charge >= 0.3 is 6.18 Å². The molecule has 0 unspecified atom stereocenters. The van der Waals surface area contributed by atoms with Crippen molar-refractivity contribution in [2.24, 2.45) is 0 Å². The molecule has 118 heavy (non-hydrogen) atoms. The molecule has 8 heteroatoms. The third-order valence-corrected chi connectivity index (χ3v) is 24.1. The average molecular weight is 1520 g/mol. The van der Waals surface area contributed by atoms with Crippen LogP contribution in [0.3, 0.4) is 0 Å². The zero-order valence-corrected chi connectivity index (χ0v) is 63.9. The van der Waals surface area contributed by atoms with Crippen LogP contribution in [0, 0.1) is 11.3 Å². The van der Waals surface area contributed by atoms with Crippen molar-refractivity contribution in [3.63, 3.8) is 0 Å². The lowest BCUT2D eigenvalue weighted by Crippen LogP contribution is -2.23. The van der Waals surface area contributed by atoms with E-state index >= 15 is 13.2 Å². The summed E-state index contributed by atoms with van der Waals surface area (Å²) >= 11 is 0. The Morgan fingerprint density at radius 1 is 0.237 bits per heavy atom. The second kappa shape index (κ2) is 28.1. The van der Waals surface area contributed by atoms with Crippen LogP contribution in [0.1, 0.15) is 34.4 Å². The van der Waals surface area contributed by atoms with Gasteiger partial charge in [-0.05, 0) is 211 Å². The predicted molar refractivity (Wildman–Crippen MR) is 482 cm³/mol. The summed E-state index contributed by atoms with van der Waals surface area (Å²) in [7, 11) is 0. The number of nitrogens with zero attached hydrogens (tertiary/aromatic N) is 5. The maximum absolute atomic E-state index is 20.3. The number of alkyl halides is 3. The lowest BCUT2D eigenvalue weighted by molar-refractivity contribution is -0.137. The van der Waals surface area contributed by atoms with E-state index in [0.29, 0.717) is 68.1 Å². The highest BCUT2D eigenvalue weighted by molar-refractivity contribution is 6.18. The molecule has 1 aliphatic rings. The summed E-state index contributed by atoms with van der Waals surface area (Å²) in [6, 6.07) is 137. The van der Waals surface area contributed by atoms with Gasteiger partial charge < -0.3 is 18.3 Å². The summed E-state index contributed by atoms with van der Waals surface area (Å²) in [5.74, 6) is 0. The largest absolute Gasteiger partial charge is 0.420 e. The number of aromatic nitrogens is 4. The van der Waals surface area contributed by atoms with Gasteiger partial charge in [-0.25, -0.2) is 0 Å². The van der Waals surface area contributed by atoms with E-state index in [1.165, 1.54) is 0 Å². The third-order valence-electron chi connectivity index (χ3n) is 24.1. The number of hydrogen-bond acceptors (Lipinski definition) is 1. The van der Waals surface area contributed by atoms with Gasteiger partial charge in [0.1, 0.15) is 5.56 Å². The second-order valence-corrected chi connectivity index (χ2v) is 30.8. The molecule has 0 bridgehead atoms. The fourth-order valence-electron chi connectivity index (χ4n) is 18.7. The summed E-state index contributed by atoms with van der Waals surface area (Å²) in [5.41, 5.74) is 22.6. The van der Waals surface area contributed by atoms with E-state index in [4.69, 9.17) is 0 Å². The van der Waals surface area contributed by atoms with Crippen molar-refractivity contribution in [2.45, 2.75) is 19.0 Å². The summed E-state index contributed by atoms with van der Waals surface area (Å²) in [6.45, 7) is 0. The molecule has 4 heterocycles. The molecule has 1 aliphatic carbocycles. The quantitative estimate of drug-likeness (QED) is 0.113. The lowest BCUT2D eigenvalue weighted by Gasteiger charge is -2.32. The van der Waals surface area contributed by atoms with Crippen molar-refractivity contribution >= 4 is 88.0 Å². The standard InChI is InChI=1S/C110H70F3N5/c111-110(112,113)105-108(117-100-57-49-84(75-33-17-5-18-34-75)65-92(100)93-66-85(50-58-101(93)117)76-35-19-6-20-36-76)106(115-96-53-45-80(71-25-9-1-10-26-71)61-88(96)89-62-81(46-54-97(89)115)72-27-11-2-12-28-72)104(79-43-41-70(69-114)42-44-79)107(116-98-55-47-82(73-29-13-3-14-30-73)63-90(98)91-64-83(48-56-99(91)116)74-31-15-4-16-32-74)109(105)118-102-59-51-86(77-37-21-7-22-38-77)67-94(102)95-68-87(52-60-103(95)118)78-39-23-8-24-40-78/h1-51,53-59,61-68H,52,60H2. The minimum absolute atomic E-state index is 0.0609. The first-order valence-electron chi connectivity index (χ1n) is 40.0. The number of halogens is 3. The Morgan fingerprint density at radius 3 is 0.763 bits per heavy atom. The van der Waals surface area contributed by atoms with Gasteiger partial charge in [0, 0.05) is 54.5 Å². The van der Waals surface area contributed by atoms with Crippen LogP contribution in [0.5, 0.6) is 0 Å². The van der Waals surface area contributed by atoms with Gasteiger partial charge in [-0.1, -0.05) is 297 Å². The molecular weight excluding hydrogens is 1450 g/mol. The molecule has 0 saturated heterocycles. The Hall–Kier alpha value is -15.3. The topological polar surface area (TPSA) is 43.5 Å². The molecule has 4 aromatic heterocycles. The minimum Gasteiger partial charge on any atom is -0.310 e. The van der Waals surface area contributed by atoms with Crippen molar-refractivity contribution in [1.82, 2.24) is 18.3 Å². The summed E-state index contributed by atoms with van der Waals surface area (Å²) in [6.07, 6.45) is -2.06. The maximum Gasteiger partial charge on any atom is 0.420 e. The van der Waals surface area contributed by atoms with Gasteiger partial charge in [0.05, 0.1) is 73.0 Å². The van der Waals surface area contributed by atoms with Crippen molar-refractivity contribution in [1.29, 1.82) is 5.26 Å². The highest BCUT2D eigenvalue weighted by Crippen LogP contribution is 2.57. The third kappa shape index (κ3) is 11.5. The monoisotopic (exact) mass is 1520 g/mol. The van der Waals surface area contributed by atoms with Crippen LogP contribution in [0.4, 0.5) is 13.2 Å². The molecular formula is C110H70F3N5. The maximum atomic E-state index is 20.3. The van der Waals surface area contributed by atoms with E-state index < -0.39 is 11.7 Å². The van der Waals surface area contributed by atoms with Gasteiger partial charge in [-0.2, -0.15) is 18.4 Å². The first kappa shape index (κ1) is 69.4. The number of benzene rings is 17. The molecule has 21 aromatic rings. The van der Waals surface area contributed by atoms with Gasteiger partial charge in [-0.3, -0.25) is 0 Å². The zero-order chi connectivity index (χ0) is 78.7. The predicted octanol–water partition coefficient (Wildman–Crippen LogP) is 29.6. The Balaban J connectivity index is 1.02. The molecule has 0 saturated carbocycles. The fourth-order valence-corrected chi connectivity index (χ4v) is 18.7. The number of allylic oxidation sites excluding steroid dienone is 1. The van der Waals surface area contributed by atoms with Crippen molar-refractivity contribution in [2.75, 3.05) is 0 Å². The minimum atomic E-state index is -5.21. The van der Waals surface area contributed by atoms with Crippen LogP contribution < -0.4 is 0 Å². The smallest absolute Gasteiger partial charge is 0.310 e. The molecule has 0 N–H and O–H groups in total. The van der Waals surface area contributed by atoms with E-state index in [1.807, 2.05) is 179 Å². The van der Waals surface area contributed by atoms with Crippen LogP contribution in [0.2, 0.25) is 0 Å². The molecule has 22 rings (SSSR count).